The number of para-hydroxylation sites is 1. The van der Waals surface area contributed by atoms with E-state index in [1.165, 1.54) is 5.56 Å². The molecular weight excluding hydrogens is 418 g/mol. The molecule has 0 saturated carbocycles. The van der Waals surface area contributed by atoms with Crippen LogP contribution in [0.15, 0.2) is 85.1 Å². The number of urea groups is 1. The molecule has 0 radical (unpaired) electrons. The summed E-state index contributed by atoms with van der Waals surface area (Å²) in [5.41, 5.74) is 8.75. The summed E-state index contributed by atoms with van der Waals surface area (Å²) in [4.78, 5) is 15.9. The van der Waals surface area contributed by atoms with Gasteiger partial charge in [-0.3, -0.25) is 0 Å². The second-order valence-electron chi connectivity index (χ2n) is 9.53. The number of aromatic nitrogens is 1. The number of aryl methyl sites for hydroxylation is 2. The number of carbonyl (C=O) groups excluding carboxylic acids is 1. The number of hydrogen-bond acceptors (Lipinski definition) is 1. The molecule has 2 amide bonds. The number of nitrogens with zero attached hydrogens (tertiary/aromatic N) is 2. The molecule has 1 aliphatic heterocycles. The number of carbonyl (C=O) groups is 1. The summed E-state index contributed by atoms with van der Waals surface area (Å²) in [5.74, 6) is 0.458. The van der Waals surface area contributed by atoms with Crippen LogP contribution in [0.25, 0.3) is 5.69 Å². The molecule has 0 unspecified atom stereocenters. The third-order valence-electron chi connectivity index (χ3n) is 6.78. The van der Waals surface area contributed by atoms with E-state index in [-0.39, 0.29) is 12.1 Å². The van der Waals surface area contributed by atoms with Gasteiger partial charge in [0.1, 0.15) is 0 Å². The quantitative estimate of drug-likeness (QED) is 0.349. The molecule has 1 N–H and O–H groups in total. The third-order valence-corrected chi connectivity index (χ3v) is 6.78. The van der Waals surface area contributed by atoms with Gasteiger partial charge in [0.25, 0.3) is 0 Å². The van der Waals surface area contributed by atoms with Gasteiger partial charge in [0.2, 0.25) is 0 Å². The predicted molar refractivity (Wildman–Crippen MR) is 139 cm³/mol. The van der Waals surface area contributed by atoms with Crippen LogP contribution in [0.2, 0.25) is 0 Å². The molecule has 0 fully saturated rings. The summed E-state index contributed by atoms with van der Waals surface area (Å²) < 4.78 is 2.22. The van der Waals surface area contributed by atoms with E-state index in [4.69, 9.17) is 0 Å². The number of amides is 2. The Morgan fingerprint density at radius 1 is 0.941 bits per heavy atom. The highest BCUT2D eigenvalue weighted by Gasteiger charge is 2.33. The van der Waals surface area contributed by atoms with E-state index in [2.05, 4.69) is 96.7 Å². The Hall–Kier alpha value is -3.79. The lowest BCUT2D eigenvalue weighted by Gasteiger charge is -2.31. The van der Waals surface area contributed by atoms with Gasteiger partial charge < -0.3 is 14.8 Å². The van der Waals surface area contributed by atoms with E-state index < -0.39 is 0 Å². The van der Waals surface area contributed by atoms with E-state index in [1.807, 2.05) is 30.9 Å². The Morgan fingerprint density at radius 3 is 2.47 bits per heavy atom. The molecule has 0 aliphatic carbocycles. The van der Waals surface area contributed by atoms with Crippen molar-refractivity contribution in [1.29, 1.82) is 0 Å². The Morgan fingerprint density at radius 2 is 1.71 bits per heavy atom. The zero-order valence-corrected chi connectivity index (χ0v) is 20.2. The molecule has 0 spiro atoms. The fraction of sp³-hybridized carbons (Fsp3) is 0.233. The molecule has 1 aliphatic rings. The molecule has 0 saturated heterocycles. The number of fused-ring (bicyclic) bond motifs is 3. The van der Waals surface area contributed by atoms with Crippen molar-refractivity contribution < 1.29 is 4.79 Å². The lowest BCUT2D eigenvalue weighted by molar-refractivity contribution is 0.194. The molecular formula is C30H31N3O. The standard InChI is InChI=1S/C30H31N3O/c1-20(2)23-13-15-24(16-14-23)29-28-10-7-17-32(28)27-9-6-5-8-25(27)19-33(29)30(34)31-26-18-21(3)11-12-22(26)4/h5-18,20,29H,19H2,1-4H3,(H,31,34)/t29-/m0/s1. The first-order chi connectivity index (χ1) is 16.4. The first kappa shape index (κ1) is 22.0. The number of rotatable bonds is 3. The fourth-order valence-corrected chi connectivity index (χ4v) is 4.81. The second-order valence-corrected chi connectivity index (χ2v) is 9.53. The minimum absolute atomic E-state index is 0.101. The molecule has 2 heterocycles. The smallest absolute Gasteiger partial charge is 0.318 e. The Kier molecular flexibility index (Phi) is 5.74. The van der Waals surface area contributed by atoms with Crippen LogP contribution in [0, 0.1) is 13.8 Å². The highest BCUT2D eigenvalue weighted by Crippen LogP contribution is 2.37. The molecule has 1 aromatic heterocycles. The van der Waals surface area contributed by atoms with E-state index in [9.17, 15) is 4.79 Å². The van der Waals surface area contributed by atoms with Crippen molar-refractivity contribution in [2.45, 2.75) is 46.2 Å². The van der Waals surface area contributed by atoms with Crippen molar-refractivity contribution >= 4 is 11.7 Å². The van der Waals surface area contributed by atoms with Gasteiger partial charge in [0.05, 0.1) is 18.3 Å². The van der Waals surface area contributed by atoms with Crippen LogP contribution in [-0.2, 0) is 6.54 Å². The molecule has 3 aromatic carbocycles. The average molecular weight is 450 g/mol. The van der Waals surface area contributed by atoms with E-state index in [1.54, 1.807) is 0 Å². The van der Waals surface area contributed by atoms with Crippen molar-refractivity contribution in [3.63, 3.8) is 0 Å². The normalized spacial score (nSPS) is 15.0. The summed E-state index contributed by atoms with van der Waals surface area (Å²) in [6.45, 7) is 8.99. The average Bonchev–Trinajstić information content (AvgIpc) is 3.25. The van der Waals surface area contributed by atoms with Crippen LogP contribution in [-0.4, -0.2) is 15.5 Å². The summed E-state index contributed by atoms with van der Waals surface area (Å²) in [6, 6.07) is 27.1. The lowest BCUT2D eigenvalue weighted by Crippen LogP contribution is -2.38. The van der Waals surface area contributed by atoms with Gasteiger partial charge in [-0.05, 0) is 71.8 Å². The van der Waals surface area contributed by atoms with Gasteiger partial charge >= 0.3 is 6.03 Å². The molecule has 172 valence electrons. The van der Waals surface area contributed by atoms with Gasteiger partial charge in [-0.15, -0.1) is 0 Å². The van der Waals surface area contributed by atoms with Gasteiger partial charge in [-0.25, -0.2) is 4.79 Å². The van der Waals surface area contributed by atoms with Crippen molar-refractivity contribution in [2.24, 2.45) is 0 Å². The van der Waals surface area contributed by atoms with Crippen LogP contribution < -0.4 is 5.32 Å². The lowest BCUT2D eigenvalue weighted by atomic mass is 9.97. The van der Waals surface area contributed by atoms with E-state index in [0.717, 1.165) is 39.3 Å². The van der Waals surface area contributed by atoms with E-state index in [0.29, 0.717) is 12.5 Å². The van der Waals surface area contributed by atoms with Crippen LogP contribution in [0.3, 0.4) is 0 Å². The van der Waals surface area contributed by atoms with Crippen LogP contribution in [0.5, 0.6) is 0 Å². The number of benzene rings is 3. The Balaban J connectivity index is 1.62. The first-order valence-corrected chi connectivity index (χ1v) is 11.9. The largest absolute Gasteiger partial charge is 0.322 e. The first-order valence-electron chi connectivity index (χ1n) is 11.9. The summed E-state index contributed by atoms with van der Waals surface area (Å²) in [7, 11) is 0. The molecule has 4 nitrogen and oxygen atoms in total. The zero-order chi connectivity index (χ0) is 23.8. The maximum atomic E-state index is 13.9. The summed E-state index contributed by atoms with van der Waals surface area (Å²) >= 11 is 0. The fourth-order valence-electron chi connectivity index (χ4n) is 4.81. The molecule has 34 heavy (non-hydrogen) atoms. The monoisotopic (exact) mass is 449 g/mol. The molecule has 5 rings (SSSR count). The number of nitrogens with one attached hydrogen (secondary N) is 1. The molecule has 4 aromatic rings. The summed E-state index contributed by atoms with van der Waals surface area (Å²) in [6.07, 6.45) is 2.09. The zero-order valence-electron chi connectivity index (χ0n) is 20.2. The Bertz CT molecular complexity index is 1330. The Labute approximate surface area is 201 Å². The molecule has 4 heteroatoms. The topological polar surface area (TPSA) is 37.3 Å². The minimum atomic E-state index is -0.214. The van der Waals surface area contributed by atoms with Gasteiger partial charge in [-0.1, -0.05) is 68.4 Å². The summed E-state index contributed by atoms with van der Waals surface area (Å²) in [5, 5.41) is 3.21. The van der Waals surface area contributed by atoms with Crippen molar-refractivity contribution in [1.82, 2.24) is 9.47 Å². The molecule has 1 atom stereocenters. The van der Waals surface area contributed by atoms with Crippen molar-refractivity contribution in [3.05, 3.63) is 119 Å². The van der Waals surface area contributed by atoms with Crippen LogP contribution in [0.4, 0.5) is 10.5 Å². The maximum absolute atomic E-state index is 13.9. The highest BCUT2D eigenvalue weighted by atomic mass is 16.2. The van der Waals surface area contributed by atoms with Gasteiger partial charge in [-0.2, -0.15) is 0 Å². The van der Waals surface area contributed by atoms with Crippen LogP contribution >= 0.6 is 0 Å². The minimum Gasteiger partial charge on any atom is -0.318 e. The SMILES string of the molecule is Cc1ccc(C)c(NC(=O)N2Cc3ccccc3-n3cccc3[C@@H]2c2ccc(C(C)C)cc2)c1. The van der Waals surface area contributed by atoms with Gasteiger partial charge in [0.15, 0.2) is 0 Å². The van der Waals surface area contributed by atoms with Crippen molar-refractivity contribution in [3.8, 4) is 5.69 Å². The number of hydrogen-bond donors (Lipinski definition) is 1. The molecule has 0 bridgehead atoms. The van der Waals surface area contributed by atoms with Gasteiger partial charge in [0, 0.05) is 17.6 Å². The van der Waals surface area contributed by atoms with Crippen molar-refractivity contribution in [2.75, 3.05) is 5.32 Å². The maximum Gasteiger partial charge on any atom is 0.322 e. The third kappa shape index (κ3) is 4.01. The second kappa shape index (κ2) is 8.86. The number of anilines is 1. The highest BCUT2D eigenvalue weighted by molar-refractivity contribution is 5.91. The predicted octanol–water partition coefficient (Wildman–Crippen LogP) is 7.35. The van der Waals surface area contributed by atoms with Crippen LogP contribution in [0.1, 0.15) is 59.3 Å². The van der Waals surface area contributed by atoms with E-state index >= 15 is 0 Å².